The number of rotatable bonds is 4. The van der Waals surface area contributed by atoms with Crippen LogP contribution in [-0.4, -0.2) is 11.6 Å². The molecule has 0 heterocycles. The second-order valence-electron chi connectivity index (χ2n) is 9.42. The molecule has 4 aliphatic rings. The highest BCUT2D eigenvalue weighted by Crippen LogP contribution is 2.56. The van der Waals surface area contributed by atoms with Crippen molar-refractivity contribution < 1.29 is 27.5 Å². The SMILES string of the molecule is CCc1ccc(Oc2ccc(C(F)(F)F)cc2Br)cc1C1C(=O)C2C3CCC(CC3)C2C1=O. The number of fused-ring (bicyclic) bond motifs is 2. The van der Waals surface area contributed by atoms with Gasteiger partial charge in [0.1, 0.15) is 17.4 Å². The summed E-state index contributed by atoms with van der Waals surface area (Å²) in [6.45, 7) is 1.98. The van der Waals surface area contributed by atoms with Gasteiger partial charge in [-0.05, 0) is 101 Å². The number of Topliss-reactive ketones (excluding diaryl/α,β-unsaturated/α-hetero) is 2. The van der Waals surface area contributed by atoms with Gasteiger partial charge in [-0.2, -0.15) is 13.2 Å². The molecule has 7 heteroatoms. The average Bonchev–Trinajstić information content (AvgIpc) is 3.07. The Bertz CT molecular complexity index is 1090. The first-order valence-corrected chi connectivity index (χ1v) is 12.2. The number of halogens is 4. The highest BCUT2D eigenvalue weighted by atomic mass is 79.9. The van der Waals surface area contributed by atoms with Crippen LogP contribution in [0, 0.1) is 23.7 Å². The maximum absolute atomic E-state index is 13.5. The van der Waals surface area contributed by atoms with Crippen LogP contribution in [0.15, 0.2) is 40.9 Å². The molecule has 4 saturated carbocycles. The molecular formula is C26H24BrF3O3. The fourth-order valence-corrected chi connectivity index (χ4v) is 6.67. The van der Waals surface area contributed by atoms with Gasteiger partial charge in [-0.15, -0.1) is 0 Å². The van der Waals surface area contributed by atoms with Crippen molar-refractivity contribution in [2.75, 3.05) is 0 Å². The lowest BCUT2D eigenvalue weighted by Crippen LogP contribution is -2.41. The second kappa shape index (κ2) is 8.26. The highest BCUT2D eigenvalue weighted by molar-refractivity contribution is 9.10. The van der Waals surface area contributed by atoms with Crippen LogP contribution in [-0.2, 0) is 22.2 Å². The van der Waals surface area contributed by atoms with E-state index in [2.05, 4.69) is 15.9 Å². The van der Waals surface area contributed by atoms with Crippen LogP contribution < -0.4 is 4.74 Å². The third-order valence-corrected chi connectivity index (χ3v) is 8.36. The average molecular weight is 521 g/mol. The van der Waals surface area contributed by atoms with Gasteiger partial charge in [-0.3, -0.25) is 9.59 Å². The molecule has 33 heavy (non-hydrogen) atoms. The molecule has 174 valence electrons. The minimum Gasteiger partial charge on any atom is -0.456 e. The van der Waals surface area contributed by atoms with Gasteiger partial charge in [0.2, 0.25) is 0 Å². The third-order valence-electron chi connectivity index (χ3n) is 7.74. The number of ketones is 2. The number of carbonyl (C=O) groups excluding carboxylic acids is 2. The molecule has 2 atom stereocenters. The quantitative estimate of drug-likeness (QED) is 0.403. The van der Waals surface area contributed by atoms with E-state index in [9.17, 15) is 22.8 Å². The zero-order chi connectivity index (χ0) is 23.5. The van der Waals surface area contributed by atoms with Crippen LogP contribution in [0.1, 0.15) is 55.2 Å². The molecule has 4 fully saturated rings. The molecule has 0 N–H and O–H groups in total. The molecule has 2 unspecified atom stereocenters. The number of ether oxygens (including phenoxy) is 1. The van der Waals surface area contributed by atoms with Crippen molar-refractivity contribution in [1.29, 1.82) is 0 Å². The van der Waals surface area contributed by atoms with Gasteiger partial charge in [0, 0.05) is 11.8 Å². The summed E-state index contributed by atoms with van der Waals surface area (Å²) in [6, 6.07) is 8.50. The van der Waals surface area contributed by atoms with Gasteiger partial charge in [-0.25, -0.2) is 0 Å². The smallest absolute Gasteiger partial charge is 0.416 e. The molecule has 3 nitrogen and oxygen atoms in total. The number of alkyl halides is 3. The Labute approximate surface area is 198 Å². The Hall–Kier alpha value is -2.15. The van der Waals surface area contributed by atoms with Crippen molar-refractivity contribution >= 4 is 27.5 Å². The van der Waals surface area contributed by atoms with Crippen LogP contribution in [0.4, 0.5) is 13.2 Å². The number of aryl methyl sites for hydroxylation is 1. The molecule has 0 saturated heterocycles. The molecule has 0 amide bonds. The fraction of sp³-hybridized carbons (Fsp3) is 0.462. The summed E-state index contributed by atoms with van der Waals surface area (Å²) in [4.78, 5) is 27.0. The zero-order valence-corrected chi connectivity index (χ0v) is 19.7. The summed E-state index contributed by atoms with van der Waals surface area (Å²) in [5.41, 5.74) is 0.830. The molecule has 6 rings (SSSR count). The number of hydrogen-bond donors (Lipinski definition) is 0. The van der Waals surface area contributed by atoms with Crippen molar-refractivity contribution in [2.24, 2.45) is 23.7 Å². The first kappa shape index (κ1) is 22.6. The lowest BCUT2D eigenvalue weighted by atomic mass is 9.59. The molecule has 2 bridgehead atoms. The van der Waals surface area contributed by atoms with Gasteiger partial charge >= 0.3 is 6.18 Å². The molecule has 2 aromatic rings. The fourth-order valence-electron chi connectivity index (χ4n) is 6.21. The molecule has 0 radical (unpaired) electrons. The lowest BCUT2D eigenvalue weighted by molar-refractivity contribution is -0.137. The normalized spacial score (nSPS) is 28.8. The van der Waals surface area contributed by atoms with E-state index < -0.39 is 17.7 Å². The van der Waals surface area contributed by atoms with Crippen LogP contribution in [0.5, 0.6) is 11.5 Å². The maximum atomic E-state index is 13.5. The number of hydrogen-bond acceptors (Lipinski definition) is 3. The Balaban J connectivity index is 1.47. The molecular weight excluding hydrogens is 497 g/mol. The minimum atomic E-state index is -4.45. The standard InChI is InChI=1S/C26H24BrF3O3/c1-2-13-7-9-17(33-20-10-8-16(11-19(20)27)26(28,29)30)12-18(13)23-24(31)21-14-3-4-15(6-5-14)22(21)25(23)32/h7-12,14-15,21-23H,2-6H2,1H3. The van der Waals surface area contributed by atoms with Gasteiger partial charge in [0.15, 0.2) is 11.6 Å². The van der Waals surface area contributed by atoms with Crippen molar-refractivity contribution in [3.05, 3.63) is 57.6 Å². The van der Waals surface area contributed by atoms with E-state index in [1.807, 2.05) is 13.0 Å². The summed E-state index contributed by atoms with van der Waals surface area (Å²) >= 11 is 3.16. The van der Waals surface area contributed by atoms with E-state index in [4.69, 9.17) is 4.74 Å². The van der Waals surface area contributed by atoms with Gasteiger partial charge in [-0.1, -0.05) is 13.0 Å². The summed E-state index contributed by atoms with van der Waals surface area (Å²) in [6.07, 6.45) is 0.342. The van der Waals surface area contributed by atoms with Crippen molar-refractivity contribution in [1.82, 2.24) is 0 Å². The molecule has 0 aliphatic heterocycles. The van der Waals surface area contributed by atoms with E-state index >= 15 is 0 Å². The Morgan fingerprint density at radius 2 is 1.55 bits per heavy atom. The Morgan fingerprint density at radius 1 is 0.939 bits per heavy atom. The van der Waals surface area contributed by atoms with E-state index in [-0.39, 0.29) is 33.6 Å². The van der Waals surface area contributed by atoms with E-state index in [0.717, 1.165) is 43.4 Å². The van der Waals surface area contributed by atoms with Crippen LogP contribution >= 0.6 is 15.9 Å². The van der Waals surface area contributed by atoms with Crippen LogP contribution in [0.3, 0.4) is 0 Å². The molecule has 0 aromatic heterocycles. The van der Waals surface area contributed by atoms with Crippen molar-refractivity contribution in [3.8, 4) is 11.5 Å². The van der Waals surface area contributed by atoms with Crippen LogP contribution in [0.2, 0.25) is 0 Å². The van der Waals surface area contributed by atoms with Gasteiger partial charge in [0.25, 0.3) is 0 Å². The second-order valence-corrected chi connectivity index (χ2v) is 10.3. The minimum absolute atomic E-state index is 0.0435. The van der Waals surface area contributed by atoms with Gasteiger partial charge in [0.05, 0.1) is 10.0 Å². The highest BCUT2D eigenvalue weighted by Gasteiger charge is 2.59. The Kier molecular flexibility index (Phi) is 5.66. The predicted molar refractivity (Wildman–Crippen MR) is 120 cm³/mol. The summed E-state index contributed by atoms with van der Waals surface area (Å²) < 4.78 is 45.0. The zero-order valence-electron chi connectivity index (χ0n) is 18.1. The van der Waals surface area contributed by atoms with E-state index in [1.165, 1.54) is 6.07 Å². The molecule has 4 aliphatic carbocycles. The summed E-state index contributed by atoms with van der Waals surface area (Å²) in [5.74, 6) is 0.250. The number of carbonyl (C=O) groups is 2. The van der Waals surface area contributed by atoms with Crippen molar-refractivity contribution in [3.63, 3.8) is 0 Å². The summed E-state index contributed by atoms with van der Waals surface area (Å²) in [7, 11) is 0. The molecule has 2 aromatic carbocycles. The first-order valence-electron chi connectivity index (χ1n) is 11.4. The third kappa shape index (κ3) is 3.82. The maximum Gasteiger partial charge on any atom is 0.416 e. The monoisotopic (exact) mass is 520 g/mol. The van der Waals surface area contributed by atoms with Crippen LogP contribution in [0.25, 0.3) is 0 Å². The lowest BCUT2D eigenvalue weighted by Gasteiger charge is -2.43. The molecule has 0 spiro atoms. The van der Waals surface area contributed by atoms with Gasteiger partial charge < -0.3 is 4.74 Å². The van der Waals surface area contributed by atoms with E-state index in [1.54, 1.807) is 12.1 Å². The largest absolute Gasteiger partial charge is 0.456 e. The van der Waals surface area contributed by atoms with Crippen molar-refractivity contribution in [2.45, 2.75) is 51.1 Å². The summed E-state index contributed by atoms with van der Waals surface area (Å²) in [5, 5.41) is 0. The first-order chi connectivity index (χ1) is 15.7. The Morgan fingerprint density at radius 3 is 2.06 bits per heavy atom. The van der Waals surface area contributed by atoms with E-state index in [0.29, 0.717) is 29.6 Å². The number of benzene rings is 2. The predicted octanol–water partition coefficient (Wildman–Crippen LogP) is 7.11. The topological polar surface area (TPSA) is 43.4 Å².